The fourth-order valence-electron chi connectivity index (χ4n) is 4.23. The number of halogens is 6. The molecule has 1 aliphatic rings. The van der Waals surface area contributed by atoms with E-state index < -0.39 is 52.9 Å². The SMILES string of the molecule is CC(C)(O)c1nc(C(F)(F)F)c(C(=O)N2CCc3[nH]cnc3[C@H]2c2cc3cccc(C(F)(F)F)n3n2)o1. The zero-order chi connectivity index (χ0) is 26.9. The number of hydrogen-bond donors (Lipinski definition) is 2. The van der Waals surface area contributed by atoms with Crippen molar-refractivity contribution >= 4 is 11.4 Å². The quantitative estimate of drug-likeness (QED) is 0.388. The van der Waals surface area contributed by atoms with E-state index in [9.17, 15) is 36.2 Å². The Bertz CT molecular complexity index is 1490. The smallest absolute Gasteiger partial charge is 0.432 e. The molecule has 37 heavy (non-hydrogen) atoms. The van der Waals surface area contributed by atoms with Gasteiger partial charge in [0.25, 0.3) is 5.91 Å². The number of pyridine rings is 1. The third-order valence-electron chi connectivity index (χ3n) is 5.87. The largest absolute Gasteiger partial charge is 0.437 e. The Hall–Kier alpha value is -3.88. The van der Waals surface area contributed by atoms with Crippen molar-refractivity contribution in [2.75, 3.05) is 6.54 Å². The van der Waals surface area contributed by atoms with Crippen molar-refractivity contribution in [3.05, 3.63) is 70.7 Å². The van der Waals surface area contributed by atoms with Gasteiger partial charge in [-0.2, -0.15) is 31.4 Å². The highest BCUT2D eigenvalue weighted by Crippen LogP contribution is 2.39. The van der Waals surface area contributed by atoms with Crippen LogP contribution in [0.4, 0.5) is 26.3 Å². The van der Waals surface area contributed by atoms with Crippen molar-refractivity contribution in [3.8, 4) is 0 Å². The van der Waals surface area contributed by atoms with E-state index >= 15 is 0 Å². The maximum absolute atomic E-state index is 13.8. The first kappa shape index (κ1) is 24.8. The van der Waals surface area contributed by atoms with Gasteiger partial charge >= 0.3 is 12.4 Å². The average molecular weight is 528 g/mol. The highest BCUT2D eigenvalue weighted by molar-refractivity contribution is 5.93. The molecule has 0 bridgehead atoms. The Morgan fingerprint density at radius 3 is 2.54 bits per heavy atom. The number of aromatic nitrogens is 5. The zero-order valence-corrected chi connectivity index (χ0v) is 19.1. The van der Waals surface area contributed by atoms with E-state index in [0.29, 0.717) is 10.2 Å². The van der Waals surface area contributed by atoms with Crippen LogP contribution in [0, 0.1) is 0 Å². The second-order valence-electron chi connectivity index (χ2n) is 8.99. The lowest BCUT2D eigenvalue weighted by molar-refractivity contribution is -0.143. The van der Waals surface area contributed by atoms with Gasteiger partial charge in [-0.15, -0.1) is 0 Å². The van der Waals surface area contributed by atoms with E-state index in [0.717, 1.165) is 24.8 Å². The first-order chi connectivity index (χ1) is 17.2. The molecule has 0 radical (unpaired) electrons. The predicted octanol–water partition coefficient (Wildman–Crippen LogP) is 4.10. The summed E-state index contributed by atoms with van der Waals surface area (Å²) in [5.74, 6) is -3.12. The topological polar surface area (TPSA) is 113 Å². The Morgan fingerprint density at radius 1 is 1.16 bits per heavy atom. The van der Waals surface area contributed by atoms with Gasteiger partial charge in [-0.1, -0.05) is 6.07 Å². The Kier molecular flexibility index (Phi) is 5.40. The number of carbonyl (C=O) groups excluding carboxylic acids is 1. The number of alkyl halides is 6. The maximum atomic E-state index is 13.8. The van der Waals surface area contributed by atoms with E-state index in [1.165, 1.54) is 24.5 Å². The van der Waals surface area contributed by atoms with Crippen LogP contribution in [0.3, 0.4) is 0 Å². The van der Waals surface area contributed by atoms with Crippen LogP contribution in [-0.2, 0) is 24.4 Å². The number of H-pyrrole nitrogens is 1. The summed E-state index contributed by atoms with van der Waals surface area (Å²) in [4.78, 5) is 24.9. The lowest BCUT2D eigenvalue weighted by Gasteiger charge is -2.33. The molecule has 0 saturated heterocycles. The van der Waals surface area contributed by atoms with Gasteiger partial charge in [-0.05, 0) is 32.0 Å². The van der Waals surface area contributed by atoms with E-state index in [1.54, 1.807) is 0 Å². The van der Waals surface area contributed by atoms with Crippen LogP contribution in [0.5, 0.6) is 0 Å². The van der Waals surface area contributed by atoms with Gasteiger partial charge in [-0.25, -0.2) is 14.5 Å². The summed E-state index contributed by atoms with van der Waals surface area (Å²) in [7, 11) is 0. The molecular formula is C22H18F6N6O3. The number of amides is 1. The summed E-state index contributed by atoms with van der Waals surface area (Å²) >= 11 is 0. The standard InChI is InChI=1S/C22H18F6N6O3/c1-20(2,36)19-31-17(22(26,27)28)16(37-19)18(35)33-7-6-11-14(30-9-29-11)15(33)12-8-10-4-3-5-13(21(23,24)25)34(10)32-12/h3-5,8-9,15,36H,6-7H2,1-2H3,(H,29,30)/t15-/m1/s1. The lowest BCUT2D eigenvalue weighted by Crippen LogP contribution is -2.41. The molecule has 0 saturated carbocycles. The van der Waals surface area contributed by atoms with Crippen LogP contribution < -0.4 is 0 Å². The molecule has 0 unspecified atom stereocenters. The molecule has 5 rings (SSSR count). The molecule has 0 spiro atoms. The van der Waals surface area contributed by atoms with Gasteiger partial charge in [0, 0.05) is 18.7 Å². The fourth-order valence-corrected chi connectivity index (χ4v) is 4.23. The second-order valence-corrected chi connectivity index (χ2v) is 8.99. The normalized spacial score (nSPS) is 16.9. The zero-order valence-electron chi connectivity index (χ0n) is 19.1. The summed E-state index contributed by atoms with van der Waals surface area (Å²) in [6, 6.07) is 3.46. The molecule has 0 fully saturated rings. The van der Waals surface area contributed by atoms with E-state index in [4.69, 9.17) is 4.42 Å². The van der Waals surface area contributed by atoms with Crippen LogP contribution in [0.2, 0.25) is 0 Å². The van der Waals surface area contributed by atoms with Crippen molar-refractivity contribution < 1.29 is 40.7 Å². The monoisotopic (exact) mass is 528 g/mol. The van der Waals surface area contributed by atoms with Crippen molar-refractivity contribution in [1.82, 2.24) is 29.5 Å². The van der Waals surface area contributed by atoms with Gasteiger partial charge in [0.05, 0.1) is 23.2 Å². The molecule has 1 amide bonds. The van der Waals surface area contributed by atoms with Gasteiger partial charge < -0.3 is 19.4 Å². The van der Waals surface area contributed by atoms with Gasteiger partial charge in [-0.3, -0.25) is 4.79 Å². The molecule has 15 heteroatoms. The molecular weight excluding hydrogens is 510 g/mol. The highest BCUT2D eigenvalue weighted by atomic mass is 19.4. The summed E-state index contributed by atoms with van der Waals surface area (Å²) in [5.41, 5.74) is -3.86. The van der Waals surface area contributed by atoms with Crippen LogP contribution in [0.25, 0.3) is 5.52 Å². The molecule has 1 atom stereocenters. The third-order valence-corrected chi connectivity index (χ3v) is 5.87. The Morgan fingerprint density at radius 2 is 1.89 bits per heavy atom. The second kappa shape index (κ2) is 8.06. The summed E-state index contributed by atoms with van der Waals surface area (Å²) < 4.78 is 87.7. The fraction of sp³-hybridized carbons (Fsp3) is 0.364. The lowest BCUT2D eigenvalue weighted by atomic mass is 9.99. The molecule has 2 N–H and O–H groups in total. The minimum absolute atomic E-state index is 0.0473. The molecule has 4 aromatic heterocycles. The van der Waals surface area contributed by atoms with Crippen LogP contribution in [-0.4, -0.2) is 47.0 Å². The highest BCUT2D eigenvalue weighted by Gasteiger charge is 2.46. The number of carbonyl (C=O) groups is 1. The molecule has 0 aliphatic carbocycles. The number of nitrogens with zero attached hydrogens (tertiary/aromatic N) is 5. The molecule has 1 aliphatic heterocycles. The van der Waals surface area contributed by atoms with E-state index in [2.05, 4.69) is 20.1 Å². The van der Waals surface area contributed by atoms with Crippen molar-refractivity contribution in [2.24, 2.45) is 0 Å². The maximum Gasteiger partial charge on any atom is 0.437 e. The van der Waals surface area contributed by atoms with E-state index in [1.807, 2.05) is 0 Å². The number of oxazole rings is 1. The summed E-state index contributed by atoms with van der Waals surface area (Å²) in [6.07, 6.45) is -8.35. The molecule has 196 valence electrons. The number of imidazole rings is 1. The van der Waals surface area contributed by atoms with Crippen molar-refractivity contribution in [1.29, 1.82) is 0 Å². The number of aliphatic hydroxyl groups is 1. The first-order valence-electron chi connectivity index (χ1n) is 10.9. The Balaban J connectivity index is 1.66. The van der Waals surface area contributed by atoms with E-state index in [-0.39, 0.29) is 29.9 Å². The van der Waals surface area contributed by atoms with Gasteiger partial charge in [0.1, 0.15) is 17.3 Å². The van der Waals surface area contributed by atoms with Gasteiger partial charge in [0.15, 0.2) is 5.69 Å². The summed E-state index contributed by atoms with van der Waals surface area (Å²) in [5, 5.41) is 14.2. The van der Waals surface area contributed by atoms with Gasteiger partial charge in [0.2, 0.25) is 11.7 Å². The van der Waals surface area contributed by atoms with Crippen LogP contribution in [0.1, 0.15) is 64.8 Å². The predicted molar refractivity (Wildman–Crippen MR) is 112 cm³/mol. The number of aromatic amines is 1. The average Bonchev–Trinajstić information content (AvgIpc) is 3.53. The minimum Gasteiger partial charge on any atom is -0.432 e. The third kappa shape index (κ3) is 4.22. The molecule has 4 aromatic rings. The summed E-state index contributed by atoms with van der Waals surface area (Å²) in [6.45, 7) is 2.15. The van der Waals surface area contributed by atoms with Crippen molar-refractivity contribution in [2.45, 2.75) is 44.3 Å². The molecule has 5 heterocycles. The number of hydrogen-bond acceptors (Lipinski definition) is 6. The van der Waals surface area contributed by atoms with Crippen LogP contribution in [0.15, 0.2) is 35.0 Å². The molecule has 9 nitrogen and oxygen atoms in total. The number of nitrogens with one attached hydrogen (secondary N) is 1. The Labute approximate surface area is 203 Å². The van der Waals surface area contributed by atoms with Crippen LogP contribution >= 0.6 is 0 Å². The first-order valence-corrected chi connectivity index (χ1v) is 10.9. The number of fused-ring (bicyclic) bond motifs is 2. The minimum atomic E-state index is -5.09. The molecule has 0 aromatic carbocycles. The number of rotatable bonds is 3. The van der Waals surface area contributed by atoms with Crippen molar-refractivity contribution in [3.63, 3.8) is 0 Å².